The van der Waals surface area contributed by atoms with Gasteiger partial charge in [0.05, 0.1) is 6.61 Å². The summed E-state index contributed by atoms with van der Waals surface area (Å²) in [6.07, 6.45) is 2.56. The Morgan fingerprint density at radius 3 is 2.67 bits per heavy atom. The van der Waals surface area contributed by atoms with E-state index in [0.29, 0.717) is 24.8 Å². The first kappa shape index (κ1) is 23.5. The fraction of sp³-hybridized carbons (Fsp3) is 0.600. The van der Waals surface area contributed by atoms with Gasteiger partial charge in [-0.2, -0.15) is 0 Å². The summed E-state index contributed by atoms with van der Waals surface area (Å²) in [4.78, 5) is 17.8. The van der Waals surface area contributed by atoms with Gasteiger partial charge in [-0.05, 0) is 42.4 Å². The molecule has 1 amide bonds. The van der Waals surface area contributed by atoms with E-state index in [2.05, 4.69) is 41.2 Å². The lowest BCUT2D eigenvalue weighted by Crippen LogP contribution is -2.46. The monoisotopic (exact) mass is 488 g/mol. The molecule has 1 aliphatic rings. The van der Waals surface area contributed by atoms with E-state index in [1.807, 2.05) is 12.1 Å². The van der Waals surface area contributed by atoms with E-state index in [4.69, 9.17) is 10.5 Å². The van der Waals surface area contributed by atoms with E-state index in [1.54, 1.807) is 7.05 Å². The van der Waals surface area contributed by atoms with Crippen LogP contribution < -0.4 is 15.8 Å². The molecule has 6 nitrogen and oxygen atoms in total. The first-order chi connectivity index (χ1) is 12.5. The number of nitrogens with two attached hydrogens (primary N) is 1. The molecule has 1 saturated heterocycles. The van der Waals surface area contributed by atoms with Gasteiger partial charge >= 0.3 is 0 Å². The maximum absolute atomic E-state index is 11.2. The van der Waals surface area contributed by atoms with Crippen LogP contribution in [-0.4, -0.2) is 43.5 Å². The Labute approximate surface area is 179 Å². The van der Waals surface area contributed by atoms with Crippen molar-refractivity contribution in [3.05, 3.63) is 29.8 Å². The number of piperidine rings is 1. The Balaban J connectivity index is 0.00000364. The highest BCUT2D eigenvalue weighted by atomic mass is 127. The number of guanidine groups is 1. The van der Waals surface area contributed by atoms with Gasteiger partial charge in [0.1, 0.15) is 5.75 Å². The van der Waals surface area contributed by atoms with Crippen LogP contribution in [0.25, 0.3) is 0 Å². The van der Waals surface area contributed by atoms with Crippen molar-refractivity contribution in [3.63, 3.8) is 0 Å². The largest absolute Gasteiger partial charge is 0.493 e. The van der Waals surface area contributed by atoms with Crippen LogP contribution in [-0.2, 0) is 11.3 Å². The lowest BCUT2D eigenvalue weighted by atomic mass is 9.95. The molecule has 0 aliphatic carbocycles. The summed E-state index contributed by atoms with van der Waals surface area (Å²) in [5.74, 6) is 2.39. The van der Waals surface area contributed by atoms with E-state index >= 15 is 0 Å². The summed E-state index contributed by atoms with van der Waals surface area (Å²) in [7, 11) is 1.79. The van der Waals surface area contributed by atoms with Crippen LogP contribution in [0.3, 0.4) is 0 Å². The minimum Gasteiger partial charge on any atom is -0.493 e. The van der Waals surface area contributed by atoms with Gasteiger partial charge in [0.25, 0.3) is 0 Å². The number of ether oxygens (including phenoxy) is 1. The molecule has 2 rings (SSSR count). The Bertz CT molecular complexity index is 605. The predicted molar refractivity (Wildman–Crippen MR) is 120 cm³/mol. The van der Waals surface area contributed by atoms with E-state index in [-0.39, 0.29) is 29.9 Å². The molecule has 1 aromatic rings. The minimum absolute atomic E-state index is 0. The second-order valence-corrected chi connectivity index (χ2v) is 7.37. The average Bonchev–Trinajstić information content (AvgIpc) is 2.61. The van der Waals surface area contributed by atoms with E-state index in [1.165, 1.54) is 5.56 Å². The van der Waals surface area contributed by atoms with E-state index < -0.39 is 0 Å². The van der Waals surface area contributed by atoms with Crippen molar-refractivity contribution in [2.24, 2.45) is 22.6 Å². The Kier molecular flexibility index (Phi) is 10.5. The quantitative estimate of drug-likeness (QED) is 0.352. The first-order valence-electron chi connectivity index (χ1n) is 9.43. The standard InChI is InChI=1S/C20H32N4O2.HI/c1-15(2)14-26-18-8-6-16(7-9-18)12-23-20(22-3)24-10-4-5-17(13-24)11-19(21)25;/h6-9,15,17H,4-5,10-14H2,1-3H3,(H2,21,25)(H,22,23);1H. The van der Waals surface area contributed by atoms with E-state index in [9.17, 15) is 4.79 Å². The molecule has 3 N–H and O–H groups in total. The number of rotatable bonds is 7. The van der Waals surface area contributed by atoms with Gasteiger partial charge in [-0.1, -0.05) is 26.0 Å². The van der Waals surface area contributed by atoms with Gasteiger partial charge in [-0.3, -0.25) is 9.79 Å². The Morgan fingerprint density at radius 2 is 2.07 bits per heavy atom. The second-order valence-electron chi connectivity index (χ2n) is 7.37. The second kappa shape index (κ2) is 12.0. The highest BCUT2D eigenvalue weighted by molar-refractivity contribution is 14.0. The van der Waals surface area contributed by atoms with Gasteiger partial charge in [0.2, 0.25) is 5.91 Å². The van der Waals surface area contributed by atoms with Crippen LogP contribution in [0.5, 0.6) is 5.75 Å². The molecule has 1 fully saturated rings. The number of benzene rings is 1. The van der Waals surface area contributed by atoms with Crippen molar-refractivity contribution >= 4 is 35.8 Å². The van der Waals surface area contributed by atoms with Crippen molar-refractivity contribution in [2.45, 2.75) is 39.7 Å². The molecule has 1 aromatic carbocycles. The van der Waals surface area contributed by atoms with Crippen LogP contribution in [0.2, 0.25) is 0 Å². The predicted octanol–water partition coefficient (Wildman–Crippen LogP) is 3.00. The van der Waals surface area contributed by atoms with Crippen molar-refractivity contribution in [1.82, 2.24) is 10.2 Å². The number of primary amides is 1. The topological polar surface area (TPSA) is 80.0 Å². The van der Waals surface area contributed by atoms with Crippen LogP contribution in [0.4, 0.5) is 0 Å². The fourth-order valence-corrected chi connectivity index (χ4v) is 3.19. The number of aliphatic imine (C=N–C) groups is 1. The van der Waals surface area contributed by atoms with Gasteiger partial charge in [0, 0.05) is 33.1 Å². The zero-order valence-electron chi connectivity index (χ0n) is 16.6. The van der Waals surface area contributed by atoms with Gasteiger partial charge in [-0.25, -0.2) is 0 Å². The third-order valence-electron chi connectivity index (χ3n) is 4.48. The molecule has 1 heterocycles. The highest BCUT2D eigenvalue weighted by Crippen LogP contribution is 2.19. The fourth-order valence-electron chi connectivity index (χ4n) is 3.19. The number of nitrogens with one attached hydrogen (secondary N) is 1. The SMILES string of the molecule is CN=C(NCc1ccc(OCC(C)C)cc1)N1CCCC(CC(N)=O)C1.I. The number of likely N-dealkylation sites (tertiary alicyclic amines) is 1. The number of amides is 1. The molecule has 152 valence electrons. The number of carbonyl (C=O) groups is 1. The van der Waals surface area contributed by atoms with Crippen LogP contribution in [0.15, 0.2) is 29.3 Å². The molecule has 1 unspecified atom stereocenters. The smallest absolute Gasteiger partial charge is 0.217 e. The number of nitrogens with zero attached hydrogens (tertiary/aromatic N) is 2. The van der Waals surface area contributed by atoms with Crippen LogP contribution >= 0.6 is 24.0 Å². The average molecular weight is 488 g/mol. The van der Waals surface area contributed by atoms with Crippen LogP contribution in [0, 0.1) is 11.8 Å². The molecule has 0 radical (unpaired) electrons. The van der Waals surface area contributed by atoms with Crippen molar-refractivity contribution < 1.29 is 9.53 Å². The third kappa shape index (κ3) is 8.36. The molecule has 0 aromatic heterocycles. The van der Waals surface area contributed by atoms with Crippen molar-refractivity contribution in [3.8, 4) is 5.75 Å². The third-order valence-corrected chi connectivity index (χ3v) is 4.48. The normalized spacial score (nSPS) is 17.4. The molecule has 7 heteroatoms. The first-order valence-corrected chi connectivity index (χ1v) is 9.43. The highest BCUT2D eigenvalue weighted by Gasteiger charge is 2.23. The summed E-state index contributed by atoms with van der Waals surface area (Å²) < 4.78 is 5.72. The molecule has 0 spiro atoms. The van der Waals surface area contributed by atoms with Crippen molar-refractivity contribution in [1.29, 1.82) is 0 Å². The Hall–Kier alpha value is -1.51. The summed E-state index contributed by atoms with van der Waals surface area (Å²) in [6, 6.07) is 8.15. The summed E-state index contributed by atoms with van der Waals surface area (Å²) in [5.41, 5.74) is 6.52. The lowest BCUT2D eigenvalue weighted by Gasteiger charge is -2.34. The van der Waals surface area contributed by atoms with Gasteiger partial charge < -0.3 is 20.7 Å². The maximum Gasteiger partial charge on any atom is 0.217 e. The Morgan fingerprint density at radius 1 is 1.37 bits per heavy atom. The number of hydrogen-bond donors (Lipinski definition) is 2. The maximum atomic E-state index is 11.2. The molecular formula is C20H33IN4O2. The summed E-state index contributed by atoms with van der Waals surface area (Å²) in [5, 5.41) is 3.42. The number of carbonyl (C=O) groups excluding carboxylic acids is 1. The molecule has 0 saturated carbocycles. The molecular weight excluding hydrogens is 455 g/mol. The minimum atomic E-state index is -0.223. The van der Waals surface area contributed by atoms with Gasteiger partial charge in [0.15, 0.2) is 5.96 Å². The molecule has 0 bridgehead atoms. The number of halogens is 1. The van der Waals surface area contributed by atoms with Crippen LogP contribution in [0.1, 0.15) is 38.7 Å². The summed E-state index contributed by atoms with van der Waals surface area (Å²) >= 11 is 0. The molecule has 1 aliphatic heterocycles. The zero-order valence-corrected chi connectivity index (χ0v) is 18.9. The van der Waals surface area contributed by atoms with Crippen molar-refractivity contribution in [2.75, 3.05) is 26.7 Å². The summed E-state index contributed by atoms with van der Waals surface area (Å²) in [6.45, 7) is 7.48. The molecule has 27 heavy (non-hydrogen) atoms. The van der Waals surface area contributed by atoms with Gasteiger partial charge in [-0.15, -0.1) is 24.0 Å². The molecule has 1 atom stereocenters. The lowest BCUT2D eigenvalue weighted by molar-refractivity contribution is -0.119. The zero-order chi connectivity index (χ0) is 18.9. The number of hydrogen-bond acceptors (Lipinski definition) is 3. The van der Waals surface area contributed by atoms with E-state index in [0.717, 1.165) is 44.2 Å².